The van der Waals surface area contributed by atoms with Gasteiger partial charge in [0.25, 0.3) is 0 Å². The number of rotatable bonds is 9. The predicted octanol–water partition coefficient (Wildman–Crippen LogP) is 3.59. The van der Waals surface area contributed by atoms with E-state index in [1.807, 2.05) is 24.3 Å². The molecule has 0 bridgehead atoms. The van der Waals surface area contributed by atoms with Gasteiger partial charge in [-0.3, -0.25) is 4.79 Å². The molecular formula is C17H23NO2S. The highest BCUT2D eigenvalue weighted by Crippen LogP contribution is 2.39. The quantitative estimate of drug-likeness (QED) is 0.416. The van der Waals surface area contributed by atoms with Gasteiger partial charge in [-0.05, 0) is 56.2 Å². The molecule has 0 aromatic heterocycles. The fourth-order valence-corrected chi connectivity index (χ4v) is 2.54. The SMILES string of the molecule is NC(=O)[C@H]1C[C@H]1/C=C\CCCCCOc1cccc(S)c1. The van der Waals surface area contributed by atoms with E-state index in [0.717, 1.165) is 49.4 Å². The number of unbranched alkanes of at least 4 members (excludes halogenated alkanes) is 3. The molecule has 1 saturated carbocycles. The van der Waals surface area contributed by atoms with Gasteiger partial charge >= 0.3 is 0 Å². The van der Waals surface area contributed by atoms with E-state index in [4.69, 9.17) is 10.5 Å². The van der Waals surface area contributed by atoms with Gasteiger partial charge in [-0.25, -0.2) is 0 Å². The van der Waals surface area contributed by atoms with Crippen LogP contribution in [0.15, 0.2) is 41.3 Å². The van der Waals surface area contributed by atoms with E-state index in [0.29, 0.717) is 5.92 Å². The van der Waals surface area contributed by atoms with Crippen LogP contribution in [0.4, 0.5) is 0 Å². The van der Waals surface area contributed by atoms with Crippen molar-refractivity contribution < 1.29 is 9.53 Å². The number of hydrogen-bond donors (Lipinski definition) is 2. The lowest BCUT2D eigenvalue weighted by Crippen LogP contribution is -2.13. The van der Waals surface area contributed by atoms with Gasteiger partial charge in [0.1, 0.15) is 5.75 Å². The van der Waals surface area contributed by atoms with Gasteiger partial charge in [0.15, 0.2) is 0 Å². The molecular weight excluding hydrogens is 282 g/mol. The van der Waals surface area contributed by atoms with Crippen LogP contribution in [0.1, 0.15) is 32.1 Å². The van der Waals surface area contributed by atoms with Crippen LogP contribution in [0.25, 0.3) is 0 Å². The molecule has 2 rings (SSSR count). The summed E-state index contributed by atoms with van der Waals surface area (Å²) < 4.78 is 5.66. The monoisotopic (exact) mass is 305 g/mol. The number of allylic oxidation sites excluding steroid dienone is 2. The average Bonchev–Trinajstić information content (AvgIpc) is 3.21. The summed E-state index contributed by atoms with van der Waals surface area (Å²) in [5.41, 5.74) is 5.24. The van der Waals surface area contributed by atoms with Crippen molar-refractivity contribution in [3.05, 3.63) is 36.4 Å². The molecule has 2 atom stereocenters. The van der Waals surface area contributed by atoms with Crippen LogP contribution in [0.5, 0.6) is 5.75 Å². The highest BCUT2D eigenvalue weighted by Gasteiger charge is 2.39. The van der Waals surface area contributed by atoms with Crippen molar-refractivity contribution in [2.75, 3.05) is 6.61 Å². The molecule has 0 radical (unpaired) electrons. The highest BCUT2D eigenvalue weighted by molar-refractivity contribution is 7.80. The normalized spacial score (nSPS) is 20.6. The number of amides is 1. The zero-order valence-electron chi connectivity index (χ0n) is 12.2. The van der Waals surface area contributed by atoms with Crippen LogP contribution >= 0.6 is 12.6 Å². The van der Waals surface area contributed by atoms with Crippen molar-refractivity contribution in [1.29, 1.82) is 0 Å². The maximum absolute atomic E-state index is 10.9. The molecule has 0 unspecified atom stereocenters. The third-order valence-corrected chi connectivity index (χ3v) is 3.97. The minimum absolute atomic E-state index is 0.0947. The Kier molecular flexibility index (Phi) is 6.18. The maximum Gasteiger partial charge on any atom is 0.221 e. The topological polar surface area (TPSA) is 52.3 Å². The van der Waals surface area contributed by atoms with Crippen molar-refractivity contribution in [3.63, 3.8) is 0 Å². The standard InChI is InChI=1S/C17H23NO2S/c18-17(19)16-11-13(16)7-4-2-1-3-5-10-20-14-8-6-9-15(21)12-14/h4,6-9,12-13,16,21H,1-3,5,10-11H2,(H2,18,19)/b7-4-/t13-,16+/m1/s1. The largest absolute Gasteiger partial charge is 0.494 e. The van der Waals surface area contributed by atoms with Gasteiger partial charge < -0.3 is 10.5 Å². The molecule has 1 aliphatic rings. The molecule has 1 aromatic carbocycles. The molecule has 114 valence electrons. The van der Waals surface area contributed by atoms with Gasteiger partial charge in [-0.1, -0.05) is 18.2 Å². The molecule has 3 nitrogen and oxygen atoms in total. The van der Waals surface area contributed by atoms with Crippen molar-refractivity contribution in [2.24, 2.45) is 17.6 Å². The van der Waals surface area contributed by atoms with Crippen LogP contribution in [0, 0.1) is 11.8 Å². The number of carbonyl (C=O) groups is 1. The fraction of sp³-hybridized carbons (Fsp3) is 0.471. The molecule has 1 amide bonds. The first kappa shape index (κ1) is 16.0. The maximum atomic E-state index is 10.9. The molecule has 0 spiro atoms. The summed E-state index contributed by atoms with van der Waals surface area (Å²) in [7, 11) is 0. The zero-order valence-corrected chi connectivity index (χ0v) is 13.1. The Morgan fingerprint density at radius 3 is 2.95 bits per heavy atom. The average molecular weight is 305 g/mol. The Morgan fingerprint density at radius 1 is 1.38 bits per heavy atom. The summed E-state index contributed by atoms with van der Waals surface area (Å²) >= 11 is 4.28. The van der Waals surface area contributed by atoms with Crippen molar-refractivity contribution >= 4 is 18.5 Å². The molecule has 1 aliphatic carbocycles. The number of carbonyl (C=O) groups excluding carboxylic acids is 1. The van der Waals surface area contributed by atoms with Gasteiger partial charge in [-0.2, -0.15) is 0 Å². The third kappa shape index (κ3) is 5.84. The molecule has 0 heterocycles. The third-order valence-electron chi connectivity index (χ3n) is 3.69. The summed E-state index contributed by atoms with van der Waals surface area (Å²) in [4.78, 5) is 11.8. The first-order valence-corrected chi connectivity index (χ1v) is 7.99. The van der Waals surface area contributed by atoms with Gasteiger partial charge in [-0.15, -0.1) is 12.6 Å². The lowest BCUT2D eigenvalue weighted by Gasteiger charge is -2.06. The van der Waals surface area contributed by atoms with Crippen molar-refractivity contribution in [2.45, 2.75) is 37.0 Å². The van der Waals surface area contributed by atoms with Gasteiger partial charge in [0.2, 0.25) is 5.91 Å². The first-order chi connectivity index (χ1) is 10.2. The summed E-state index contributed by atoms with van der Waals surface area (Å²) in [6, 6.07) is 7.76. The number of nitrogens with two attached hydrogens (primary N) is 1. The van der Waals surface area contributed by atoms with E-state index in [2.05, 4.69) is 24.8 Å². The van der Waals surface area contributed by atoms with E-state index in [-0.39, 0.29) is 11.8 Å². The van der Waals surface area contributed by atoms with E-state index in [9.17, 15) is 4.79 Å². The predicted molar refractivity (Wildman–Crippen MR) is 87.6 cm³/mol. The minimum atomic E-state index is -0.160. The van der Waals surface area contributed by atoms with Crippen LogP contribution in [0.3, 0.4) is 0 Å². The van der Waals surface area contributed by atoms with Crippen LogP contribution in [-0.4, -0.2) is 12.5 Å². The van der Waals surface area contributed by atoms with Gasteiger partial charge in [0, 0.05) is 10.8 Å². The van der Waals surface area contributed by atoms with E-state index >= 15 is 0 Å². The summed E-state index contributed by atoms with van der Waals surface area (Å²) in [6.45, 7) is 0.743. The lowest BCUT2D eigenvalue weighted by atomic mass is 10.1. The van der Waals surface area contributed by atoms with Gasteiger partial charge in [0.05, 0.1) is 6.61 Å². The smallest absolute Gasteiger partial charge is 0.221 e. The fourth-order valence-electron chi connectivity index (χ4n) is 2.33. The second kappa shape index (κ2) is 8.13. The van der Waals surface area contributed by atoms with E-state index in [1.54, 1.807) is 0 Å². The summed E-state index contributed by atoms with van der Waals surface area (Å²) in [5.74, 6) is 1.22. The van der Waals surface area contributed by atoms with Crippen molar-refractivity contribution in [3.8, 4) is 5.75 Å². The zero-order chi connectivity index (χ0) is 15.1. The Bertz CT molecular complexity index is 501. The highest BCUT2D eigenvalue weighted by atomic mass is 32.1. The summed E-state index contributed by atoms with van der Waals surface area (Å²) in [5, 5.41) is 0. The van der Waals surface area contributed by atoms with Crippen molar-refractivity contribution in [1.82, 2.24) is 0 Å². The number of benzene rings is 1. The summed E-state index contributed by atoms with van der Waals surface area (Å²) in [6.07, 6.45) is 9.67. The van der Waals surface area contributed by atoms with E-state index < -0.39 is 0 Å². The Labute approximate surface area is 132 Å². The lowest BCUT2D eigenvalue weighted by molar-refractivity contribution is -0.119. The molecule has 0 aliphatic heterocycles. The molecule has 1 fully saturated rings. The second-order valence-corrected chi connectivity index (χ2v) is 6.05. The Morgan fingerprint density at radius 2 is 2.24 bits per heavy atom. The minimum Gasteiger partial charge on any atom is -0.494 e. The number of primary amides is 1. The van der Waals surface area contributed by atoms with Crippen LogP contribution in [0.2, 0.25) is 0 Å². The second-order valence-electron chi connectivity index (χ2n) is 5.53. The molecule has 1 aromatic rings. The molecule has 4 heteroatoms. The Balaban J connectivity index is 1.47. The Hall–Kier alpha value is -1.42. The van der Waals surface area contributed by atoms with Crippen LogP contribution in [-0.2, 0) is 4.79 Å². The number of thiol groups is 1. The van der Waals surface area contributed by atoms with E-state index in [1.165, 1.54) is 0 Å². The molecule has 0 saturated heterocycles. The van der Waals surface area contributed by atoms with Crippen LogP contribution < -0.4 is 10.5 Å². The number of ether oxygens (including phenoxy) is 1. The first-order valence-electron chi connectivity index (χ1n) is 7.54. The molecule has 2 N–H and O–H groups in total. The number of hydrogen-bond acceptors (Lipinski definition) is 3. The molecule has 21 heavy (non-hydrogen) atoms.